The first-order chi connectivity index (χ1) is 11.1. The zero-order valence-electron chi connectivity index (χ0n) is 13.5. The first-order valence-corrected chi connectivity index (χ1v) is 7.57. The van der Waals surface area contributed by atoms with Gasteiger partial charge in [0.25, 0.3) is 5.91 Å². The maximum absolute atomic E-state index is 12.7. The van der Waals surface area contributed by atoms with Crippen molar-refractivity contribution in [2.24, 2.45) is 0 Å². The average molecular weight is 316 g/mol. The van der Waals surface area contributed by atoms with E-state index in [1.165, 1.54) is 0 Å². The quantitative estimate of drug-likeness (QED) is 0.857. The van der Waals surface area contributed by atoms with Crippen molar-refractivity contribution in [2.75, 3.05) is 26.8 Å². The van der Waals surface area contributed by atoms with Crippen molar-refractivity contribution < 1.29 is 14.3 Å². The molecule has 1 saturated heterocycles. The predicted octanol–water partition coefficient (Wildman–Crippen LogP) is 1.45. The van der Waals surface area contributed by atoms with Crippen molar-refractivity contribution in [1.29, 1.82) is 0 Å². The molecule has 0 aliphatic carbocycles. The molecule has 2 heterocycles. The maximum Gasteiger partial charge on any atom is 0.276 e. The molecule has 2 aromatic rings. The zero-order chi connectivity index (χ0) is 16.4. The summed E-state index contributed by atoms with van der Waals surface area (Å²) in [4.78, 5) is 14.4. The van der Waals surface area contributed by atoms with E-state index in [1.807, 2.05) is 38.1 Å². The van der Waals surface area contributed by atoms with Gasteiger partial charge in [0.15, 0.2) is 5.69 Å². The summed E-state index contributed by atoms with van der Waals surface area (Å²) in [5.74, 6) is 0.624. The highest BCUT2D eigenvalue weighted by molar-refractivity contribution is 5.93. The third-order valence-corrected chi connectivity index (χ3v) is 3.92. The van der Waals surface area contributed by atoms with Gasteiger partial charge in [0, 0.05) is 19.2 Å². The van der Waals surface area contributed by atoms with Crippen LogP contribution in [0.25, 0.3) is 5.69 Å². The Morgan fingerprint density at radius 2 is 2.26 bits per heavy atom. The molecule has 1 aliphatic heterocycles. The monoisotopic (exact) mass is 316 g/mol. The third kappa shape index (κ3) is 3.05. The Morgan fingerprint density at radius 3 is 3.00 bits per heavy atom. The molecule has 0 bridgehead atoms. The summed E-state index contributed by atoms with van der Waals surface area (Å²) in [5, 5.41) is 8.22. The minimum Gasteiger partial charge on any atom is -0.497 e. The van der Waals surface area contributed by atoms with Crippen molar-refractivity contribution in [3.8, 4) is 11.4 Å². The number of nitrogens with zero attached hydrogens (tertiary/aromatic N) is 4. The van der Waals surface area contributed by atoms with E-state index in [2.05, 4.69) is 10.3 Å². The van der Waals surface area contributed by atoms with Gasteiger partial charge in [0.1, 0.15) is 5.75 Å². The van der Waals surface area contributed by atoms with Crippen LogP contribution < -0.4 is 4.74 Å². The molecule has 1 atom stereocenters. The van der Waals surface area contributed by atoms with E-state index >= 15 is 0 Å². The molecule has 7 heteroatoms. The van der Waals surface area contributed by atoms with E-state index in [9.17, 15) is 4.79 Å². The number of hydrogen-bond acceptors (Lipinski definition) is 5. The van der Waals surface area contributed by atoms with Crippen molar-refractivity contribution in [2.45, 2.75) is 20.0 Å². The molecule has 23 heavy (non-hydrogen) atoms. The Morgan fingerprint density at radius 1 is 1.43 bits per heavy atom. The molecule has 1 aromatic carbocycles. The van der Waals surface area contributed by atoms with Crippen LogP contribution in [0.5, 0.6) is 5.75 Å². The van der Waals surface area contributed by atoms with Crippen LogP contribution in [0.4, 0.5) is 0 Å². The van der Waals surface area contributed by atoms with Crippen molar-refractivity contribution in [1.82, 2.24) is 19.9 Å². The second-order valence-electron chi connectivity index (χ2n) is 5.57. The summed E-state index contributed by atoms with van der Waals surface area (Å²) in [6.07, 6.45) is 0.0430. The van der Waals surface area contributed by atoms with E-state index in [0.29, 0.717) is 31.1 Å². The van der Waals surface area contributed by atoms with Gasteiger partial charge in [-0.25, -0.2) is 4.68 Å². The van der Waals surface area contributed by atoms with Gasteiger partial charge in [-0.15, -0.1) is 5.10 Å². The van der Waals surface area contributed by atoms with E-state index in [1.54, 1.807) is 16.7 Å². The van der Waals surface area contributed by atoms with E-state index in [0.717, 1.165) is 11.4 Å². The lowest BCUT2D eigenvalue weighted by Crippen LogP contribution is -2.44. The smallest absolute Gasteiger partial charge is 0.276 e. The molecule has 0 radical (unpaired) electrons. The molecular formula is C16H20N4O3. The summed E-state index contributed by atoms with van der Waals surface area (Å²) in [7, 11) is 1.61. The van der Waals surface area contributed by atoms with Crippen molar-refractivity contribution in [3.63, 3.8) is 0 Å². The van der Waals surface area contributed by atoms with Gasteiger partial charge in [-0.1, -0.05) is 11.3 Å². The largest absolute Gasteiger partial charge is 0.497 e. The zero-order valence-corrected chi connectivity index (χ0v) is 13.5. The van der Waals surface area contributed by atoms with Gasteiger partial charge in [-0.2, -0.15) is 0 Å². The number of aromatic nitrogens is 3. The molecular weight excluding hydrogens is 296 g/mol. The van der Waals surface area contributed by atoms with E-state index in [4.69, 9.17) is 9.47 Å². The summed E-state index contributed by atoms with van der Waals surface area (Å²) in [6.45, 7) is 5.50. The molecule has 0 N–H and O–H groups in total. The minimum absolute atomic E-state index is 0.0430. The van der Waals surface area contributed by atoms with Crippen LogP contribution in [0.2, 0.25) is 0 Å². The highest BCUT2D eigenvalue weighted by atomic mass is 16.5. The number of ether oxygens (including phenoxy) is 2. The summed E-state index contributed by atoms with van der Waals surface area (Å²) >= 11 is 0. The van der Waals surface area contributed by atoms with Crippen LogP contribution in [0.3, 0.4) is 0 Å². The van der Waals surface area contributed by atoms with Gasteiger partial charge >= 0.3 is 0 Å². The number of carbonyl (C=O) groups excluding carboxylic acids is 1. The summed E-state index contributed by atoms with van der Waals surface area (Å²) < 4.78 is 12.4. The van der Waals surface area contributed by atoms with Crippen LogP contribution >= 0.6 is 0 Å². The van der Waals surface area contributed by atoms with Crippen LogP contribution in [-0.4, -0.2) is 58.7 Å². The Bertz CT molecular complexity index is 713. The van der Waals surface area contributed by atoms with Gasteiger partial charge in [0.2, 0.25) is 0 Å². The number of benzene rings is 1. The molecule has 0 unspecified atom stereocenters. The third-order valence-electron chi connectivity index (χ3n) is 3.92. The Kier molecular flexibility index (Phi) is 4.29. The van der Waals surface area contributed by atoms with Gasteiger partial charge in [-0.3, -0.25) is 4.79 Å². The van der Waals surface area contributed by atoms with Crippen LogP contribution in [0.1, 0.15) is 23.1 Å². The van der Waals surface area contributed by atoms with Crippen LogP contribution in [0, 0.1) is 6.92 Å². The molecule has 0 saturated carbocycles. The lowest BCUT2D eigenvalue weighted by molar-refractivity contribution is -0.0126. The minimum atomic E-state index is -0.105. The Hall–Kier alpha value is -2.41. The second kappa shape index (κ2) is 6.37. The lowest BCUT2D eigenvalue weighted by Gasteiger charge is -2.30. The molecule has 7 nitrogen and oxygen atoms in total. The SMILES string of the molecule is COc1cccc(-n2nnc(C(=O)N3CCO[C@H](C)C3)c2C)c1. The van der Waals surface area contributed by atoms with Crippen LogP contribution in [-0.2, 0) is 4.74 Å². The van der Waals surface area contributed by atoms with E-state index in [-0.39, 0.29) is 12.0 Å². The molecule has 1 amide bonds. The van der Waals surface area contributed by atoms with Gasteiger partial charge in [0.05, 0.1) is 31.2 Å². The first kappa shape index (κ1) is 15.5. The number of methoxy groups -OCH3 is 1. The molecule has 122 valence electrons. The number of morpholine rings is 1. The maximum atomic E-state index is 12.7. The lowest BCUT2D eigenvalue weighted by atomic mass is 10.2. The number of hydrogen-bond donors (Lipinski definition) is 0. The van der Waals surface area contributed by atoms with Gasteiger partial charge in [-0.05, 0) is 26.0 Å². The predicted molar refractivity (Wildman–Crippen MR) is 84.0 cm³/mol. The normalized spacial score (nSPS) is 18.0. The van der Waals surface area contributed by atoms with Crippen LogP contribution in [0.15, 0.2) is 24.3 Å². The number of amides is 1. The fourth-order valence-corrected chi connectivity index (χ4v) is 2.67. The van der Waals surface area contributed by atoms with E-state index < -0.39 is 0 Å². The first-order valence-electron chi connectivity index (χ1n) is 7.57. The average Bonchev–Trinajstić information content (AvgIpc) is 2.95. The molecule has 1 fully saturated rings. The topological polar surface area (TPSA) is 69.5 Å². The Balaban J connectivity index is 1.88. The fraction of sp³-hybridized carbons (Fsp3) is 0.438. The highest BCUT2D eigenvalue weighted by Crippen LogP contribution is 2.19. The van der Waals surface area contributed by atoms with Gasteiger partial charge < -0.3 is 14.4 Å². The summed E-state index contributed by atoms with van der Waals surface area (Å²) in [6, 6.07) is 7.49. The Labute approximate surface area is 134 Å². The molecule has 0 spiro atoms. The standard InChI is InChI=1S/C16H20N4O3/c1-11-10-19(7-8-23-11)16(21)15-12(2)20(18-17-15)13-5-4-6-14(9-13)22-3/h4-6,9,11H,7-8,10H2,1-3H3/t11-/m1/s1. The molecule has 1 aromatic heterocycles. The summed E-state index contributed by atoms with van der Waals surface area (Å²) in [5.41, 5.74) is 1.90. The molecule has 1 aliphatic rings. The fourth-order valence-electron chi connectivity index (χ4n) is 2.67. The van der Waals surface area contributed by atoms with Crippen molar-refractivity contribution in [3.05, 3.63) is 35.7 Å². The highest BCUT2D eigenvalue weighted by Gasteiger charge is 2.26. The molecule has 3 rings (SSSR count). The number of carbonyl (C=O) groups is 1. The second-order valence-corrected chi connectivity index (χ2v) is 5.57. The van der Waals surface area contributed by atoms with Crippen molar-refractivity contribution >= 4 is 5.91 Å². The number of rotatable bonds is 3.